The lowest BCUT2D eigenvalue weighted by atomic mass is 10.2. The first kappa shape index (κ1) is 19.8. The average Bonchev–Trinajstić information content (AvgIpc) is 3.25. The maximum absolute atomic E-state index is 12.5. The molecule has 0 radical (unpaired) electrons. The predicted molar refractivity (Wildman–Crippen MR) is 99.7 cm³/mol. The predicted octanol–water partition coefficient (Wildman–Crippen LogP) is 0.654. The third-order valence-corrected chi connectivity index (χ3v) is 5.12. The second-order valence-corrected chi connectivity index (χ2v) is 7.47. The Morgan fingerprint density at radius 3 is 2.93 bits per heavy atom. The summed E-state index contributed by atoms with van der Waals surface area (Å²) < 4.78 is 7.65. The molecule has 3 rings (SSSR count). The highest BCUT2D eigenvalue weighted by atomic mass is 16.5. The molecule has 0 aromatic carbocycles. The van der Waals surface area contributed by atoms with Gasteiger partial charge in [-0.05, 0) is 19.9 Å². The van der Waals surface area contributed by atoms with Crippen LogP contribution in [-0.2, 0) is 14.3 Å². The number of amides is 1. The van der Waals surface area contributed by atoms with Crippen molar-refractivity contribution in [2.75, 3.05) is 51.7 Å². The number of nitrogens with one attached hydrogen (secondary N) is 1. The fourth-order valence-corrected chi connectivity index (χ4v) is 3.92. The first-order chi connectivity index (χ1) is 13.0. The molecule has 1 saturated carbocycles. The minimum absolute atomic E-state index is 0.0223. The summed E-state index contributed by atoms with van der Waals surface area (Å²) >= 11 is 0. The van der Waals surface area contributed by atoms with Crippen molar-refractivity contribution in [1.29, 1.82) is 0 Å². The molecule has 0 spiro atoms. The van der Waals surface area contributed by atoms with Crippen LogP contribution in [0.3, 0.4) is 0 Å². The van der Waals surface area contributed by atoms with Crippen LogP contribution in [0, 0.1) is 0 Å². The van der Waals surface area contributed by atoms with Crippen molar-refractivity contribution in [3.63, 3.8) is 0 Å². The number of carbonyl (C=O) groups is 2. The molecule has 1 amide bonds. The molecule has 9 heteroatoms. The molecular formula is C18H29N5O4. The van der Waals surface area contributed by atoms with E-state index in [1.165, 1.54) is 12.8 Å². The first-order valence-corrected chi connectivity index (χ1v) is 9.59. The normalized spacial score (nSPS) is 21.6. The van der Waals surface area contributed by atoms with Gasteiger partial charge in [-0.25, -0.2) is 4.68 Å². The van der Waals surface area contributed by atoms with Crippen molar-refractivity contribution in [1.82, 2.24) is 19.6 Å². The third kappa shape index (κ3) is 5.75. The van der Waals surface area contributed by atoms with Crippen LogP contribution in [0.5, 0.6) is 0 Å². The van der Waals surface area contributed by atoms with E-state index in [4.69, 9.17) is 9.84 Å². The van der Waals surface area contributed by atoms with Gasteiger partial charge in [-0.3, -0.25) is 19.4 Å². The number of aliphatic carboxylic acids is 1. The Labute approximate surface area is 159 Å². The lowest BCUT2D eigenvalue weighted by Crippen LogP contribution is -2.49. The number of aromatic nitrogens is 2. The van der Waals surface area contributed by atoms with E-state index in [9.17, 15) is 9.59 Å². The molecular weight excluding hydrogens is 350 g/mol. The van der Waals surface area contributed by atoms with Gasteiger partial charge in [0.25, 0.3) is 0 Å². The first-order valence-electron chi connectivity index (χ1n) is 9.59. The molecule has 2 heterocycles. The number of carbonyl (C=O) groups excluding carboxylic acids is 1. The Kier molecular flexibility index (Phi) is 6.81. The summed E-state index contributed by atoms with van der Waals surface area (Å²) in [5, 5.41) is 16.2. The zero-order chi connectivity index (χ0) is 19.2. The SMILES string of the molecule is CN(CC(=O)O)CC1CN(CC(=O)Nc2ccnn2C2CCCC2)CCO1. The van der Waals surface area contributed by atoms with Crippen LogP contribution in [0.1, 0.15) is 31.7 Å². The monoisotopic (exact) mass is 379 g/mol. The minimum atomic E-state index is -0.858. The Hall–Kier alpha value is -1.97. The van der Waals surface area contributed by atoms with Crippen molar-refractivity contribution in [2.24, 2.45) is 0 Å². The summed E-state index contributed by atoms with van der Waals surface area (Å²) in [6.07, 6.45) is 6.28. The largest absolute Gasteiger partial charge is 0.480 e. The fraction of sp³-hybridized carbons (Fsp3) is 0.722. The van der Waals surface area contributed by atoms with Crippen molar-refractivity contribution in [3.8, 4) is 0 Å². The van der Waals surface area contributed by atoms with Gasteiger partial charge < -0.3 is 15.2 Å². The number of anilines is 1. The average molecular weight is 379 g/mol. The summed E-state index contributed by atoms with van der Waals surface area (Å²) in [4.78, 5) is 27.0. The van der Waals surface area contributed by atoms with Crippen molar-refractivity contribution < 1.29 is 19.4 Å². The standard InChI is InChI=1S/C18H29N5O4/c1-21(13-18(25)26)10-15-11-22(8-9-27-15)12-17(24)20-16-6-7-19-23(16)14-4-2-3-5-14/h6-7,14-15H,2-5,8-13H2,1H3,(H,20,24)(H,25,26). The summed E-state index contributed by atoms with van der Waals surface area (Å²) in [5.74, 6) is -0.157. The quantitative estimate of drug-likeness (QED) is 0.684. The maximum Gasteiger partial charge on any atom is 0.317 e. The second-order valence-electron chi connectivity index (χ2n) is 7.47. The van der Waals surface area contributed by atoms with Gasteiger partial charge in [0.05, 0.1) is 38.0 Å². The molecule has 27 heavy (non-hydrogen) atoms. The third-order valence-electron chi connectivity index (χ3n) is 5.12. The van der Waals surface area contributed by atoms with Crippen molar-refractivity contribution >= 4 is 17.7 Å². The number of carboxylic acid groups (broad SMARTS) is 1. The van der Waals surface area contributed by atoms with Crippen LogP contribution in [0.25, 0.3) is 0 Å². The topological polar surface area (TPSA) is 99.9 Å². The van der Waals surface area contributed by atoms with E-state index in [1.54, 1.807) is 18.1 Å². The van der Waals surface area contributed by atoms with Crippen LogP contribution < -0.4 is 5.32 Å². The van der Waals surface area contributed by atoms with Gasteiger partial charge in [0.15, 0.2) is 0 Å². The molecule has 1 saturated heterocycles. The van der Waals surface area contributed by atoms with Crippen molar-refractivity contribution in [3.05, 3.63) is 12.3 Å². The number of nitrogens with zero attached hydrogens (tertiary/aromatic N) is 4. The minimum Gasteiger partial charge on any atom is -0.480 e. The second kappa shape index (κ2) is 9.29. The maximum atomic E-state index is 12.5. The number of rotatable bonds is 8. The molecule has 1 aliphatic carbocycles. The summed E-state index contributed by atoms with van der Waals surface area (Å²) in [7, 11) is 1.76. The fourth-order valence-electron chi connectivity index (χ4n) is 3.92. The molecule has 1 aromatic heterocycles. The van der Waals surface area contributed by atoms with E-state index in [1.807, 2.05) is 15.6 Å². The zero-order valence-corrected chi connectivity index (χ0v) is 15.8. The highest BCUT2D eigenvalue weighted by Gasteiger charge is 2.25. The van der Waals surface area contributed by atoms with Gasteiger partial charge in [0.2, 0.25) is 5.91 Å². The Bertz CT molecular complexity index is 643. The summed E-state index contributed by atoms with van der Waals surface area (Å²) in [6.45, 7) is 2.63. The molecule has 1 unspecified atom stereocenters. The molecule has 2 N–H and O–H groups in total. The van der Waals surface area contributed by atoms with E-state index < -0.39 is 5.97 Å². The van der Waals surface area contributed by atoms with Gasteiger partial charge in [-0.15, -0.1) is 0 Å². The number of ether oxygens (including phenoxy) is 1. The molecule has 1 aromatic rings. The van der Waals surface area contributed by atoms with E-state index in [-0.39, 0.29) is 18.6 Å². The van der Waals surface area contributed by atoms with E-state index in [0.717, 1.165) is 18.7 Å². The van der Waals surface area contributed by atoms with E-state index in [0.29, 0.717) is 38.8 Å². The van der Waals surface area contributed by atoms with Gasteiger partial charge in [0, 0.05) is 25.7 Å². The number of morpholine rings is 1. The zero-order valence-electron chi connectivity index (χ0n) is 15.8. The van der Waals surface area contributed by atoms with Crippen LogP contribution in [0.2, 0.25) is 0 Å². The van der Waals surface area contributed by atoms with Crippen LogP contribution in [0.4, 0.5) is 5.82 Å². The van der Waals surface area contributed by atoms with Gasteiger partial charge in [-0.1, -0.05) is 12.8 Å². The molecule has 1 atom stereocenters. The highest BCUT2D eigenvalue weighted by molar-refractivity contribution is 5.91. The van der Waals surface area contributed by atoms with Crippen molar-refractivity contribution in [2.45, 2.75) is 37.8 Å². The smallest absolute Gasteiger partial charge is 0.317 e. The molecule has 9 nitrogen and oxygen atoms in total. The lowest BCUT2D eigenvalue weighted by molar-refractivity contribution is -0.138. The molecule has 2 fully saturated rings. The van der Waals surface area contributed by atoms with Crippen LogP contribution >= 0.6 is 0 Å². The molecule has 2 aliphatic rings. The molecule has 0 bridgehead atoms. The van der Waals surface area contributed by atoms with Crippen LogP contribution in [-0.4, -0.2) is 89.0 Å². The van der Waals surface area contributed by atoms with Gasteiger partial charge in [-0.2, -0.15) is 5.10 Å². The number of carboxylic acids is 1. The summed E-state index contributed by atoms with van der Waals surface area (Å²) in [6, 6.07) is 2.23. The molecule has 150 valence electrons. The van der Waals surface area contributed by atoms with E-state index >= 15 is 0 Å². The highest BCUT2D eigenvalue weighted by Crippen LogP contribution is 2.31. The van der Waals surface area contributed by atoms with Gasteiger partial charge in [0.1, 0.15) is 5.82 Å². The number of hydrogen-bond acceptors (Lipinski definition) is 6. The molecule has 1 aliphatic heterocycles. The Morgan fingerprint density at radius 1 is 1.41 bits per heavy atom. The van der Waals surface area contributed by atoms with Gasteiger partial charge >= 0.3 is 5.97 Å². The Morgan fingerprint density at radius 2 is 2.19 bits per heavy atom. The summed E-state index contributed by atoms with van der Waals surface area (Å²) in [5.41, 5.74) is 0. The lowest BCUT2D eigenvalue weighted by Gasteiger charge is -2.34. The van der Waals surface area contributed by atoms with Crippen LogP contribution in [0.15, 0.2) is 12.3 Å². The Balaban J connectivity index is 1.48. The number of hydrogen-bond donors (Lipinski definition) is 2. The van der Waals surface area contributed by atoms with E-state index in [2.05, 4.69) is 10.4 Å². The number of likely N-dealkylation sites (N-methyl/N-ethyl adjacent to an activating group) is 1.